The van der Waals surface area contributed by atoms with Crippen molar-refractivity contribution in [3.05, 3.63) is 34.9 Å². The highest BCUT2D eigenvalue weighted by molar-refractivity contribution is 6.30. The van der Waals surface area contributed by atoms with E-state index in [0.29, 0.717) is 0 Å². The topological polar surface area (TPSA) is 0 Å². The van der Waals surface area contributed by atoms with Gasteiger partial charge in [0.25, 0.3) is 0 Å². The molecule has 2 heteroatoms. The zero-order valence-corrected chi connectivity index (χ0v) is 10.7. The highest BCUT2D eigenvalue weighted by atomic mass is 35.5. The standard InChI is InChI=1S/C13H18Cl2/c1-2-3-4-5-6-13(15)11-7-9-12(14)10-8-11/h7-10,13H,2-6H2,1H3. The van der Waals surface area contributed by atoms with Crippen molar-refractivity contribution in [1.82, 2.24) is 0 Å². The summed E-state index contributed by atoms with van der Waals surface area (Å²) in [6.07, 6.45) is 6.14. The maximum Gasteiger partial charge on any atom is 0.0585 e. The molecule has 0 radical (unpaired) electrons. The van der Waals surface area contributed by atoms with Gasteiger partial charge in [0.1, 0.15) is 0 Å². The maximum atomic E-state index is 6.29. The fourth-order valence-corrected chi connectivity index (χ4v) is 2.01. The average molecular weight is 245 g/mol. The molecule has 0 fully saturated rings. The van der Waals surface area contributed by atoms with Gasteiger partial charge >= 0.3 is 0 Å². The van der Waals surface area contributed by atoms with Gasteiger partial charge < -0.3 is 0 Å². The number of rotatable bonds is 6. The SMILES string of the molecule is CCCCCCC(Cl)c1ccc(Cl)cc1. The van der Waals surface area contributed by atoms with Crippen LogP contribution in [0.15, 0.2) is 24.3 Å². The van der Waals surface area contributed by atoms with Crippen LogP contribution in [0.1, 0.15) is 50.0 Å². The Morgan fingerprint density at radius 2 is 1.73 bits per heavy atom. The summed E-state index contributed by atoms with van der Waals surface area (Å²) in [5.74, 6) is 0. The van der Waals surface area contributed by atoms with E-state index in [4.69, 9.17) is 23.2 Å². The first-order valence-corrected chi connectivity index (χ1v) is 6.45. The largest absolute Gasteiger partial charge is 0.118 e. The summed E-state index contributed by atoms with van der Waals surface area (Å²) in [4.78, 5) is 0. The number of alkyl halides is 1. The minimum Gasteiger partial charge on any atom is -0.118 e. The van der Waals surface area contributed by atoms with Gasteiger partial charge in [0.2, 0.25) is 0 Å². The fraction of sp³-hybridized carbons (Fsp3) is 0.538. The number of hydrogen-bond donors (Lipinski definition) is 0. The quantitative estimate of drug-likeness (QED) is 0.452. The van der Waals surface area contributed by atoms with Crippen molar-refractivity contribution in [2.45, 2.75) is 44.4 Å². The molecule has 0 aliphatic heterocycles. The molecule has 84 valence electrons. The summed E-state index contributed by atoms with van der Waals surface area (Å²) in [5, 5.41) is 0.910. The molecular weight excluding hydrogens is 227 g/mol. The number of halogens is 2. The van der Waals surface area contributed by atoms with Gasteiger partial charge in [-0.15, -0.1) is 11.6 Å². The normalized spacial score (nSPS) is 12.7. The zero-order valence-electron chi connectivity index (χ0n) is 9.18. The van der Waals surface area contributed by atoms with E-state index in [-0.39, 0.29) is 5.38 Å². The second-order valence-corrected chi connectivity index (χ2v) is 4.83. The molecule has 0 bridgehead atoms. The lowest BCUT2D eigenvalue weighted by Gasteiger charge is -2.09. The second-order valence-electron chi connectivity index (χ2n) is 3.87. The second kappa shape index (κ2) is 7.14. The molecule has 0 saturated heterocycles. The summed E-state index contributed by atoms with van der Waals surface area (Å²) in [6.45, 7) is 2.22. The first-order chi connectivity index (χ1) is 7.24. The van der Waals surface area contributed by atoms with E-state index < -0.39 is 0 Å². The van der Waals surface area contributed by atoms with Crippen molar-refractivity contribution in [2.75, 3.05) is 0 Å². The Balaban J connectivity index is 2.33. The van der Waals surface area contributed by atoms with Gasteiger partial charge in [-0.3, -0.25) is 0 Å². The van der Waals surface area contributed by atoms with Gasteiger partial charge in [-0.25, -0.2) is 0 Å². The van der Waals surface area contributed by atoms with Crippen LogP contribution in [0.5, 0.6) is 0 Å². The summed E-state index contributed by atoms with van der Waals surface area (Å²) >= 11 is 12.1. The third-order valence-electron chi connectivity index (χ3n) is 2.54. The minimum atomic E-state index is 0.138. The molecule has 0 nitrogen and oxygen atoms in total. The van der Waals surface area contributed by atoms with Crippen LogP contribution in [0.3, 0.4) is 0 Å². The first kappa shape index (κ1) is 12.9. The number of benzene rings is 1. The molecule has 1 rings (SSSR count). The molecule has 0 amide bonds. The van der Waals surface area contributed by atoms with Crippen LogP contribution in [0.25, 0.3) is 0 Å². The van der Waals surface area contributed by atoms with Crippen molar-refractivity contribution in [3.8, 4) is 0 Å². The predicted molar refractivity (Wildman–Crippen MR) is 68.8 cm³/mol. The van der Waals surface area contributed by atoms with E-state index in [0.717, 1.165) is 11.4 Å². The average Bonchev–Trinajstić information content (AvgIpc) is 2.25. The highest BCUT2D eigenvalue weighted by Gasteiger charge is 2.06. The Morgan fingerprint density at radius 1 is 1.07 bits per heavy atom. The Bertz CT molecular complexity index is 266. The van der Waals surface area contributed by atoms with Gasteiger partial charge in [-0.05, 0) is 24.1 Å². The summed E-state index contributed by atoms with van der Waals surface area (Å²) in [5.41, 5.74) is 1.18. The third-order valence-corrected chi connectivity index (χ3v) is 3.26. The van der Waals surface area contributed by atoms with E-state index in [1.807, 2.05) is 24.3 Å². The summed E-state index contributed by atoms with van der Waals surface area (Å²) < 4.78 is 0. The molecule has 0 aromatic heterocycles. The highest BCUT2D eigenvalue weighted by Crippen LogP contribution is 2.27. The van der Waals surface area contributed by atoms with Crippen LogP contribution in [-0.4, -0.2) is 0 Å². The van der Waals surface area contributed by atoms with Crippen molar-refractivity contribution < 1.29 is 0 Å². The molecule has 0 saturated carbocycles. The summed E-state index contributed by atoms with van der Waals surface area (Å²) in [7, 11) is 0. The minimum absolute atomic E-state index is 0.138. The van der Waals surface area contributed by atoms with Crippen LogP contribution in [-0.2, 0) is 0 Å². The third kappa shape index (κ3) is 4.90. The van der Waals surface area contributed by atoms with Crippen molar-refractivity contribution >= 4 is 23.2 Å². The molecule has 1 unspecified atom stereocenters. The Hall–Kier alpha value is -0.200. The smallest absolute Gasteiger partial charge is 0.0585 e. The van der Waals surface area contributed by atoms with E-state index in [1.165, 1.54) is 31.2 Å². The molecule has 1 aromatic carbocycles. The van der Waals surface area contributed by atoms with Crippen LogP contribution < -0.4 is 0 Å². The van der Waals surface area contributed by atoms with Crippen LogP contribution in [0, 0.1) is 0 Å². The molecular formula is C13H18Cl2. The monoisotopic (exact) mass is 244 g/mol. The zero-order chi connectivity index (χ0) is 11.1. The molecule has 15 heavy (non-hydrogen) atoms. The van der Waals surface area contributed by atoms with Gasteiger partial charge in [0.15, 0.2) is 0 Å². The molecule has 0 aliphatic carbocycles. The lowest BCUT2D eigenvalue weighted by Crippen LogP contribution is -1.90. The first-order valence-electron chi connectivity index (χ1n) is 5.63. The van der Waals surface area contributed by atoms with E-state index in [1.54, 1.807) is 0 Å². The predicted octanol–water partition coefficient (Wildman–Crippen LogP) is 5.59. The van der Waals surface area contributed by atoms with Gasteiger partial charge in [-0.1, -0.05) is 56.3 Å². The molecule has 1 aromatic rings. The lowest BCUT2D eigenvalue weighted by atomic mass is 10.1. The van der Waals surface area contributed by atoms with Gasteiger partial charge in [0.05, 0.1) is 5.38 Å². The van der Waals surface area contributed by atoms with E-state index in [9.17, 15) is 0 Å². The Kier molecular flexibility index (Phi) is 6.12. The van der Waals surface area contributed by atoms with Gasteiger partial charge in [0, 0.05) is 5.02 Å². The van der Waals surface area contributed by atoms with E-state index >= 15 is 0 Å². The molecule has 0 aliphatic rings. The van der Waals surface area contributed by atoms with Crippen molar-refractivity contribution in [1.29, 1.82) is 0 Å². The Labute approximate surface area is 103 Å². The fourth-order valence-electron chi connectivity index (χ4n) is 1.59. The molecule has 0 heterocycles. The van der Waals surface area contributed by atoms with Crippen LogP contribution >= 0.6 is 23.2 Å². The molecule has 0 N–H and O–H groups in total. The van der Waals surface area contributed by atoms with Gasteiger partial charge in [-0.2, -0.15) is 0 Å². The van der Waals surface area contributed by atoms with E-state index in [2.05, 4.69) is 6.92 Å². The van der Waals surface area contributed by atoms with Crippen molar-refractivity contribution in [3.63, 3.8) is 0 Å². The lowest BCUT2D eigenvalue weighted by molar-refractivity contribution is 0.624. The van der Waals surface area contributed by atoms with Crippen LogP contribution in [0.4, 0.5) is 0 Å². The Morgan fingerprint density at radius 3 is 2.33 bits per heavy atom. The van der Waals surface area contributed by atoms with Crippen LogP contribution in [0.2, 0.25) is 5.02 Å². The number of unbranched alkanes of at least 4 members (excludes halogenated alkanes) is 3. The number of hydrogen-bond acceptors (Lipinski definition) is 0. The summed E-state index contributed by atoms with van der Waals surface area (Å²) in [6, 6.07) is 7.83. The molecule has 0 spiro atoms. The molecule has 1 atom stereocenters. The van der Waals surface area contributed by atoms with Crippen molar-refractivity contribution in [2.24, 2.45) is 0 Å². The maximum absolute atomic E-state index is 6.29.